The molecule has 0 amide bonds. The quantitative estimate of drug-likeness (QED) is 0.673. The number of hydrogen-bond acceptors (Lipinski definition) is 5. The fourth-order valence-corrected chi connectivity index (χ4v) is 3.08. The Morgan fingerprint density at radius 3 is 2.35 bits per heavy atom. The van der Waals surface area contributed by atoms with Gasteiger partial charge in [0.2, 0.25) is 0 Å². The van der Waals surface area contributed by atoms with Crippen molar-refractivity contribution < 1.29 is 9.90 Å². The standard InChI is InChI=1S/C17H23N3O2S/c1-11(23-16-19-18-14(10-21)20(16)5)15(22)12-6-8-13(9-7-12)17(2,3)4/h6-9,11,21H,10H2,1-5H3. The second-order valence-electron chi connectivity index (χ2n) is 6.57. The molecule has 0 aliphatic carbocycles. The van der Waals surface area contributed by atoms with E-state index in [4.69, 9.17) is 5.11 Å². The highest BCUT2D eigenvalue weighted by Gasteiger charge is 2.21. The maximum absolute atomic E-state index is 12.6. The first-order valence-corrected chi connectivity index (χ1v) is 8.42. The molecule has 1 aromatic carbocycles. The summed E-state index contributed by atoms with van der Waals surface area (Å²) >= 11 is 1.35. The fourth-order valence-electron chi connectivity index (χ4n) is 2.17. The van der Waals surface area contributed by atoms with E-state index >= 15 is 0 Å². The van der Waals surface area contributed by atoms with Crippen LogP contribution in [0.1, 0.15) is 49.4 Å². The highest BCUT2D eigenvalue weighted by Crippen LogP contribution is 2.26. The predicted octanol–water partition coefficient (Wildman–Crippen LogP) is 2.97. The molecule has 1 unspecified atom stereocenters. The lowest BCUT2D eigenvalue weighted by Gasteiger charge is -2.19. The largest absolute Gasteiger partial charge is 0.388 e. The molecule has 0 bridgehead atoms. The van der Waals surface area contributed by atoms with Gasteiger partial charge in [-0.05, 0) is 17.9 Å². The van der Waals surface area contributed by atoms with Crippen molar-refractivity contribution in [1.82, 2.24) is 14.8 Å². The summed E-state index contributed by atoms with van der Waals surface area (Å²) in [5.41, 5.74) is 1.97. The molecule has 0 fully saturated rings. The normalized spacial score (nSPS) is 13.1. The lowest BCUT2D eigenvalue weighted by molar-refractivity contribution is 0.0994. The van der Waals surface area contributed by atoms with E-state index in [0.29, 0.717) is 16.5 Å². The summed E-state index contributed by atoms with van der Waals surface area (Å²) in [7, 11) is 1.78. The molecule has 1 heterocycles. The molecule has 2 aromatic rings. The van der Waals surface area contributed by atoms with E-state index in [1.165, 1.54) is 17.3 Å². The van der Waals surface area contributed by atoms with Crippen LogP contribution in [-0.4, -0.2) is 30.9 Å². The van der Waals surface area contributed by atoms with E-state index in [0.717, 1.165) is 0 Å². The van der Waals surface area contributed by atoms with Gasteiger partial charge in [-0.15, -0.1) is 10.2 Å². The van der Waals surface area contributed by atoms with Gasteiger partial charge < -0.3 is 9.67 Å². The van der Waals surface area contributed by atoms with Crippen molar-refractivity contribution in [2.24, 2.45) is 7.05 Å². The van der Waals surface area contributed by atoms with Crippen LogP contribution in [0, 0.1) is 0 Å². The summed E-state index contributed by atoms with van der Waals surface area (Å²) in [4.78, 5) is 12.6. The van der Waals surface area contributed by atoms with Crippen LogP contribution in [0.3, 0.4) is 0 Å². The zero-order valence-electron chi connectivity index (χ0n) is 14.2. The van der Waals surface area contributed by atoms with Gasteiger partial charge in [0.05, 0.1) is 5.25 Å². The zero-order valence-corrected chi connectivity index (χ0v) is 15.0. The smallest absolute Gasteiger partial charge is 0.191 e. The van der Waals surface area contributed by atoms with Crippen LogP contribution in [0.15, 0.2) is 29.4 Å². The number of aliphatic hydroxyl groups excluding tert-OH is 1. The van der Waals surface area contributed by atoms with Gasteiger partial charge >= 0.3 is 0 Å². The number of carbonyl (C=O) groups is 1. The fraction of sp³-hybridized carbons (Fsp3) is 0.471. The molecule has 23 heavy (non-hydrogen) atoms. The van der Waals surface area contributed by atoms with Crippen molar-refractivity contribution in [3.63, 3.8) is 0 Å². The minimum absolute atomic E-state index is 0.0593. The molecule has 1 aromatic heterocycles. The van der Waals surface area contributed by atoms with Crippen molar-refractivity contribution in [3.8, 4) is 0 Å². The third-order valence-corrected chi connectivity index (χ3v) is 4.89. The van der Waals surface area contributed by atoms with E-state index in [2.05, 4.69) is 31.0 Å². The van der Waals surface area contributed by atoms with Crippen molar-refractivity contribution in [2.75, 3.05) is 0 Å². The summed E-state index contributed by atoms with van der Waals surface area (Å²) in [6.45, 7) is 8.14. The molecule has 1 atom stereocenters. The third kappa shape index (κ3) is 4.00. The molecule has 0 spiro atoms. The molecular weight excluding hydrogens is 310 g/mol. The predicted molar refractivity (Wildman–Crippen MR) is 91.7 cm³/mol. The lowest BCUT2D eigenvalue weighted by Crippen LogP contribution is -2.16. The summed E-state index contributed by atoms with van der Waals surface area (Å²) in [5, 5.41) is 17.4. The number of nitrogens with zero attached hydrogens (tertiary/aromatic N) is 3. The summed E-state index contributed by atoms with van der Waals surface area (Å²) in [6, 6.07) is 7.79. The van der Waals surface area contributed by atoms with Crippen LogP contribution in [0.4, 0.5) is 0 Å². The zero-order chi connectivity index (χ0) is 17.2. The number of thioether (sulfide) groups is 1. The van der Waals surface area contributed by atoms with Gasteiger partial charge in [-0.2, -0.15) is 0 Å². The van der Waals surface area contributed by atoms with Gasteiger partial charge in [0.1, 0.15) is 6.61 Å². The SMILES string of the molecule is CC(Sc1nnc(CO)n1C)C(=O)c1ccc(C(C)(C)C)cc1. The topological polar surface area (TPSA) is 68.0 Å². The first kappa shape index (κ1) is 17.7. The van der Waals surface area contributed by atoms with Crippen LogP contribution in [0.2, 0.25) is 0 Å². The lowest BCUT2D eigenvalue weighted by atomic mass is 9.86. The van der Waals surface area contributed by atoms with Crippen LogP contribution in [0.5, 0.6) is 0 Å². The minimum Gasteiger partial charge on any atom is -0.388 e. The Hall–Kier alpha value is -1.66. The Labute approximate surface area is 141 Å². The highest BCUT2D eigenvalue weighted by molar-refractivity contribution is 8.00. The summed E-state index contributed by atoms with van der Waals surface area (Å²) in [6.07, 6.45) is 0. The van der Waals surface area contributed by atoms with Gasteiger partial charge in [0.15, 0.2) is 16.8 Å². The maximum atomic E-state index is 12.6. The Kier molecular flexibility index (Phi) is 5.26. The van der Waals surface area contributed by atoms with Crippen molar-refractivity contribution in [3.05, 3.63) is 41.2 Å². The number of aliphatic hydroxyl groups is 1. The molecule has 0 aliphatic heterocycles. The molecular formula is C17H23N3O2S. The number of carbonyl (C=O) groups excluding carboxylic acids is 1. The minimum atomic E-state index is -0.273. The number of Topliss-reactive ketones (excluding diaryl/α,β-unsaturated/α-hetero) is 1. The van der Waals surface area contributed by atoms with Gasteiger partial charge in [0, 0.05) is 12.6 Å². The molecule has 0 saturated carbocycles. The van der Waals surface area contributed by atoms with E-state index in [1.54, 1.807) is 11.6 Å². The van der Waals surface area contributed by atoms with Gasteiger partial charge in [0.25, 0.3) is 0 Å². The molecule has 1 N–H and O–H groups in total. The van der Waals surface area contributed by atoms with E-state index in [9.17, 15) is 4.79 Å². The average Bonchev–Trinajstić information content (AvgIpc) is 2.86. The van der Waals surface area contributed by atoms with Crippen molar-refractivity contribution in [1.29, 1.82) is 0 Å². The van der Waals surface area contributed by atoms with Crippen LogP contribution in [0.25, 0.3) is 0 Å². The first-order valence-electron chi connectivity index (χ1n) is 7.54. The summed E-state index contributed by atoms with van der Waals surface area (Å²) < 4.78 is 1.71. The van der Waals surface area contributed by atoms with E-state index in [-0.39, 0.29) is 23.1 Å². The molecule has 5 nitrogen and oxygen atoms in total. The van der Waals surface area contributed by atoms with Gasteiger partial charge in [-0.25, -0.2) is 0 Å². The number of hydrogen-bond donors (Lipinski definition) is 1. The highest BCUT2D eigenvalue weighted by atomic mass is 32.2. The van der Waals surface area contributed by atoms with E-state index in [1.807, 2.05) is 31.2 Å². The van der Waals surface area contributed by atoms with Crippen LogP contribution < -0.4 is 0 Å². The first-order chi connectivity index (χ1) is 10.7. The Morgan fingerprint density at radius 1 is 1.26 bits per heavy atom. The molecule has 124 valence electrons. The second-order valence-corrected chi connectivity index (χ2v) is 7.88. The second kappa shape index (κ2) is 6.84. The number of ketones is 1. The van der Waals surface area contributed by atoms with Gasteiger partial charge in [-0.1, -0.05) is 56.8 Å². The van der Waals surface area contributed by atoms with Crippen LogP contribution >= 0.6 is 11.8 Å². The van der Waals surface area contributed by atoms with Crippen molar-refractivity contribution >= 4 is 17.5 Å². The average molecular weight is 333 g/mol. The molecule has 0 saturated heterocycles. The Morgan fingerprint density at radius 2 is 1.87 bits per heavy atom. The Bertz CT molecular complexity index is 687. The molecule has 0 aliphatic rings. The van der Waals surface area contributed by atoms with E-state index < -0.39 is 0 Å². The number of benzene rings is 1. The van der Waals surface area contributed by atoms with Crippen LogP contribution in [-0.2, 0) is 19.1 Å². The van der Waals surface area contributed by atoms with Gasteiger partial charge in [-0.3, -0.25) is 4.79 Å². The third-order valence-electron chi connectivity index (χ3n) is 3.75. The monoisotopic (exact) mass is 333 g/mol. The molecule has 2 rings (SSSR count). The van der Waals surface area contributed by atoms with Crippen molar-refractivity contribution in [2.45, 2.75) is 50.1 Å². The maximum Gasteiger partial charge on any atom is 0.191 e. The summed E-state index contributed by atoms with van der Waals surface area (Å²) in [5.74, 6) is 0.547. The number of rotatable bonds is 5. The Balaban J connectivity index is 2.11. The molecule has 0 radical (unpaired) electrons. The molecule has 6 heteroatoms. The number of aromatic nitrogens is 3.